The molecule has 5 amide bonds. The molecule has 13 nitrogen and oxygen atoms in total. The van der Waals surface area contributed by atoms with Crippen molar-refractivity contribution >= 4 is 58.0 Å². The molecule has 0 radical (unpaired) electrons. The fraction of sp³-hybridized carbons (Fsp3) is 0.606. The molecule has 256 valence electrons. The number of halogens is 1. The smallest absolute Gasteiger partial charge is 0.308 e. The van der Waals surface area contributed by atoms with Crippen molar-refractivity contribution in [3.63, 3.8) is 0 Å². The summed E-state index contributed by atoms with van der Waals surface area (Å²) >= 11 is 6.56. The summed E-state index contributed by atoms with van der Waals surface area (Å²) < 4.78 is 4.82. The second kappa shape index (κ2) is 14.8. The summed E-state index contributed by atoms with van der Waals surface area (Å²) in [6.45, 7) is 9.36. The van der Waals surface area contributed by atoms with Gasteiger partial charge in [-0.25, -0.2) is 4.99 Å². The van der Waals surface area contributed by atoms with Crippen molar-refractivity contribution in [2.45, 2.75) is 103 Å². The molecule has 1 unspecified atom stereocenters. The van der Waals surface area contributed by atoms with Crippen LogP contribution in [-0.2, 0) is 33.5 Å². The Kier molecular flexibility index (Phi) is 11.3. The molecule has 0 aliphatic carbocycles. The number of methoxy groups -OCH3 is 1. The Morgan fingerprint density at radius 1 is 0.957 bits per heavy atom. The molecule has 0 bridgehead atoms. The van der Waals surface area contributed by atoms with E-state index in [9.17, 15) is 28.8 Å². The zero-order valence-corrected chi connectivity index (χ0v) is 28.5. The summed E-state index contributed by atoms with van der Waals surface area (Å²) in [6.07, 6.45) is 0.553. The van der Waals surface area contributed by atoms with Crippen LogP contribution >= 0.6 is 11.6 Å². The van der Waals surface area contributed by atoms with Crippen molar-refractivity contribution < 1.29 is 33.5 Å². The van der Waals surface area contributed by atoms with Gasteiger partial charge in [0.1, 0.15) is 35.4 Å². The van der Waals surface area contributed by atoms with Gasteiger partial charge >= 0.3 is 5.97 Å². The minimum atomic E-state index is -1.39. The summed E-state index contributed by atoms with van der Waals surface area (Å²) in [6, 6.07) is 1.57. The summed E-state index contributed by atoms with van der Waals surface area (Å²) in [4.78, 5) is 87.6. The third-order valence-corrected chi connectivity index (χ3v) is 9.09. The van der Waals surface area contributed by atoms with E-state index in [1.807, 2.05) is 32.0 Å². The predicted molar refractivity (Wildman–Crippen MR) is 175 cm³/mol. The van der Waals surface area contributed by atoms with Gasteiger partial charge in [-0.3, -0.25) is 28.8 Å². The first-order valence-electron chi connectivity index (χ1n) is 16.0. The molecule has 2 saturated heterocycles. The second-order valence-electron chi connectivity index (χ2n) is 13.9. The zero-order valence-electron chi connectivity index (χ0n) is 27.7. The van der Waals surface area contributed by atoms with Gasteiger partial charge in [-0.15, -0.1) is 0 Å². The van der Waals surface area contributed by atoms with Gasteiger partial charge in [0.25, 0.3) is 0 Å². The zero-order chi connectivity index (χ0) is 34.6. The monoisotopic (exact) mass is 672 g/mol. The topological polar surface area (TPSA) is 175 Å². The van der Waals surface area contributed by atoms with E-state index < -0.39 is 83.5 Å². The summed E-state index contributed by atoms with van der Waals surface area (Å²) in [5.41, 5.74) is 0.641. The van der Waals surface area contributed by atoms with Crippen LogP contribution in [0.2, 0.25) is 0 Å². The van der Waals surface area contributed by atoms with E-state index in [1.165, 1.54) is 12.0 Å². The first-order chi connectivity index (χ1) is 22.1. The van der Waals surface area contributed by atoms with E-state index in [0.717, 1.165) is 5.56 Å². The van der Waals surface area contributed by atoms with Crippen molar-refractivity contribution in [2.24, 2.45) is 16.3 Å². The molecule has 47 heavy (non-hydrogen) atoms. The average Bonchev–Trinajstić information content (AvgIpc) is 3.61. The molecule has 14 heteroatoms. The summed E-state index contributed by atoms with van der Waals surface area (Å²) in [5, 5.41) is 11.3. The molecule has 2 fully saturated rings. The number of ether oxygens (including phenoxy) is 1. The molecule has 0 saturated carbocycles. The van der Waals surface area contributed by atoms with Crippen LogP contribution in [0.5, 0.6) is 0 Å². The first kappa shape index (κ1) is 35.8. The largest absolute Gasteiger partial charge is 0.469 e. The Bertz CT molecular complexity index is 1440. The lowest BCUT2D eigenvalue weighted by Gasteiger charge is -2.34. The van der Waals surface area contributed by atoms with Crippen LogP contribution in [0.3, 0.4) is 0 Å². The van der Waals surface area contributed by atoms with Gasteiger partial charge < -0.3 is 30.9 Å². The van der Waals surface area contributed by atoms with Gasteiger partial charge in [0.05, 0.1) is 19.2 Å². The van der Waals surface area contributed by atoms with Crippen LogP contribution in [0.1, 0.15) is 78.2 Å². The highest BCUT2D eigenvalue weighted by atomic mass is 35.5. The van der Waals surface area contributed by atoms with Crippen molar-refractivity contribution in [3.8, 4) is 0 Å². The lowest BCUT2D eigenvalue weighted by molar-refractivity contribution is -0.148. The second-order valence-corrected chi connectivity index (χ2v) is 14.3. The SMILES string of the molecule is COC(=O)C[C@H]1NC(=O)[C@@H](CC2C(Cl)=Nc3ccccc32)NC(=O)[C@H](CC(C)C)NC(=O)[C@@H](C(C)(C)C)NC(=O)[C@@H]2CCCN2C1=O. The van der Waals surface area contributed by atoms with Gasteiger partial charge in [-0.05, 0) is 48.6 Å². The minimum absolute atomic E-state index is 0.0185. The van der Waals surface area contributed by atoms with Crippen molar-refractivity contribution in [3.05, 3.63) is 29.8 Å². The molecule has 3 aliphatic rings. The third kappa shape index (κ3) is 8.48. The number of nitrogens with one attached hydrogen (secondary N) is 4. The molecule has 4 rings (SSSR count). The number of hydrogen-bond acceptors (Lipinski definition) is 8. The third-order valence-electron chi connectivity index (χ3n) is 8.74. The number of carbonyl (C=O) groups is 6. The van der Waals surface area contributed by atoms with Crippen LogP contribution < -0.4 is 21.3 Å². The molecule has 1 aromatic rings. The Hall–Kier alpha value is -4.00. The molecule has 1 aromatic carbocycles. The Balaban J connectivity index is 1.78. The van der Waals surface area contributed by atoms with Crippen molar-refractivity contribution in [2.75, 3.05) is 13.7 Å². The standard InChI is InChI=1S/C33H45ClN6O7/c1-17(2)14-21-28(42)36-22(15-19-18-10-7-8-11-20(18)35-27(19)34)29(43)38-23(16-25(41)47-6)32(46)40-13-9-12-24(40)30(44)39-26(31(45)37-21)33(3,4)5/h7-8,10-11,17,19,21-24,26H,9,12-16H2,1-6H3,(H,36,42)(H,37,45)(H,38,43)(H,39,44)/t19?,21-,22+,23+,24-,26-/m0/s1. The number of hydrogen-bond donors (Lipinski definition) is 4. The lowest BCUT2D eigenvalue weighted by Crippen LogP contribution is -2.60. The highest BCUT2D eigenvalue weighted by Gasteiger charge is 2.43. The highest BCUT2D eigenvalue weighted by Crippen LogP contribution is 2.39. The average molecular weight is 673 g/mol. The number of rotatable bonds is 6. The van der Waals surface area contributed by atoms with E-state index in [2.05, 4.69) is 26.3 Å². The quantitative estimate of drug-likeness (QED) is 0.335. The lowest BCUT2D eigenvalue weighted by atomic mass is 9.85. The fourth-order valence-corrected chi connectivity index (χ4v) is 6.56. The number of nitrogens with zero attached hydrogens (tertiary/aromatic N) is 2. The minimum Gasteiger partial charge on any atom is -0.469 e. The maximum absolute atomic E-state index is 14.1. The summed E-state index contributed by atoms with van der Waals surface area (Å²) in [5.74, 6) is -4.45. The molecule has 3 heterocycles. The first-order valence-corrected chi connectivity index (χ1v) is 16.4. The highest BCUT2D eigenvalue weighted by molar-refractivity contribution is 6.67. The molecule has 3 aliphatic heterocycles. The van der Waals surface area contributed by atoms with Gasteiger partial charge in [0.15, 0.2) is 0 Å². The molecule has 0 aromatic heterocycles. The molecular weight excluding hydrogens is 628 g/mol. The van der Waals surface area contributed by atoms with Crippen LogP contribution in [0.15, 0.2) is 29.3 Å². The van der Waals surface area contributed by atoms with Gasteiger partial charge in [-0.2, -0.15) is 0 Å². The number of amides is 5. The van der Waals surface area contributed by atoms with Crippen LogP contribution in [0.25, 0.3) is 0 Å². The summed E-state index contributed by atoms with van der Waals surface area (Å²) in [7, 11) is 1.17. The number of para-hydroxylation sites is 1. The Morgan fingerprint density at radius 3 is 2.26 bits per heavy atom. The van der Waals surface area contributed by atoms with E-state index in [4.69, 9.17) is 16.3 Å². The predicted octanol–water partition coefficient (Wildman–Crippen LogP) is 2.04. The maximum atomic E-state index is 14.1. The normalized spacial score (nSPS) is 27.4. The maximum Gasteiger partial charge on any atom is 0.308 e. The number of fused-ring (bicyclic) bond motifs is 2. The van der Waals surface area contributed by atoms with Crippen LogP contribution in [0.4, 0.5) is 5.69 Å². The van der Waals surface area contributed by atoms with E-state index in [0.29, 0.717) is 18.5 Å². The van der Waals surface area contributed by atoms with Gasteiger partial charge in [-0.1, -0.05) is 64.4 Å². The number of esters is 1. The van der Waals surface area contributed by atoms with E-state index in [1.54, 1.807) is 26.8 Å². The van der Waals surface area contributed by atoms with E-state index >= 15 is 0 Å². The van der Waals surface area contributed by atoms with Gasteiger partial charge in [0.2, 0.25) is 29.5 Å². The number of benzene rings is 1. The molecule has 4 N–H and O–H groups in total. The fourth-order valence-electron chi connectivity index (χ4n) is 6.27. The Labute approximate surface area is 280 Å². The van der Waals surface area contributed by atoms with Crippen molar-refractivity contribution in [1.82, 2.24) is 26.2 Å². The molecular formula is C33H45ClN6O7. The van der Waals surface area contributed by atoms with Crippen LogP contribution in [-0.4, -0.2) is 89.4 Å². The Morgan fingerprint density at radius 2 is 1.60 bits per heavy atom. The molecule has 6 atom stereocenters. The number of carbonyl (C=O) groups excluding carboxylic acids is 6. The number of aliphatic imine (C=N–C) groups is 1. The van der Waals surface area contributed by atoms with Gasteiger partial charge in [0, 0.05) is 12.5 Å². The van der Waals surface area contributed by atoms with Crippen molar-refractivity contribution in [1.29, 1.82) is 0 Å². The van der Waals surface area contributed by atoms with Crippen LogP contribution in [0, 0.1) is 11.3 Å². The molecule has 0 spiro atoms. The van der Waals surface area contributed by atoms with E-state index in [-0.39, 0.29) is 30.5 Å².